The number of rotatable bonds is 0. The van der Waals surface area contributed by atoms with E-state index in [2.05, 4.69) is 4.85 Å². The van der Waals surface area contributed by atoms with Crippen LogP contribution >= 0.6 is 0 Å². The molecule has 0 bridgehead atoms. The maximum Gasteiger partial charge on any atom is 0.416 e. The third-order valence-corrected chi connectivity index (χ3v) is 1.32. The van der Waals surface area contributed by atoms with Gasteiger partial charge in [-0.25, -0.2) is 0 Å². The monoisotopic (exact) mass is 172 g/mol. The van der Waals surface area contributed by atoms with Gasteiger partial charge in [0.2, 0.25) is 0 Å². The molecule has 0 radical (unpaired) electrons. The normalized spacial score (nSPS) is 10.8. The minimum atomic E-state index is -4.33. The molecule has 1 rings (SSSR count). The van der Waals surface area contributed by atoms with Crippen molar-refractivity contribution >= 4 is 5.69 Å². The Morgan fingerprint density at radius 3 is 2.42 bits per heavy atom. The maximum atomic E-state index is 12.0. The molecule has 0 fully saturated rings. The van der Waals surface area contributed by atoms with Gasteiger partial charge < -0.3 is 0 Å². The van der Waals surface area contributed by atoms with Crippen LogP contribution in [-0.2, 0) is 6.18 Å². The summed E-state index contributed by atoms with van der Waals surface area (Å²) in [5.41, 5.74) is -0.626. The van der Waals surface area contributed by atoms with Gasteiger partial charge in [-0.3, -0.25) is 0 Å². The summed E-state index contributed by atoms with van der Waals surface area (Å²) in [7, 11) is 0. The number of hydrogen-bond donors (Lipinski definition) is 0. The zero-order valence-electron chi connectivity index (χ0n) is 5.97. The average Bonchev–Trinajstić information content (AvgIpc) is 2.03. The summed E-state index contributed by atoms with van der Waals surface area (Å²) in [5.74, 6) is 0. The summed E-state index contributed by atoms with van der Waals surface area (Å²) in [5, 5.41) is 0. The highest BCUT2D eigenvalue weighted by atomic mass is 19.4. The van der Waals surface area contributed by atoms with E-state index in [1.165, 1.54) is 12.1 Å². The summed E-state index contributed by atoms with van der Waals surface area (Å²) >= 11 is 0. The Balaban J connectivity index is 3.13. The highest BCUT2D eigenvalue weighted by Crippen LogP contribution is 2.31. The van der Waals surface area contributed by atoms with E-state index in [4.69, 9.17) is 6.57 Å². The molecule has 1 nitrogen and oxygen atoms in total. The Morgan fingerprint density at radius 2 is 1.92 bits per heavy atom. The van der Waals surface area contributed by atoms with Crippen LogP contribution in [0.1, 0.15) is 5.56 Å². The third kappa shape index (κ3) is 1.76. The van der Waals surface area contributed by atoms with Crippen molar-refractivity contribution < 1.29 is 13.2 Å². The average molecular weight is 172 g/mol. The van der Waals surface area contributed by atoms with Gasteiger partial charge >= 0.3 is 11.9 Å². The highest BCUT2D eigenvalue weighted by Gasteiger charge is 2.31. The standard InChI is InChI=1S/C8H5F3N/c1-12-7-4-2-3-6(5-7)8(9,10)11/h1-5H/q+1. The molecule has 0 unspecified atom stereocenters. The topological polar surface area (TPSA) is 4.36 Å². The van der Waals surface area contributed by atoms with Crippen LogP contribution in [0.2, 0.25) is 0 Å². The molecule has 0 aliphatic rings. The molecule has 0 atom stereocenters. The molecule has 1 aromatic carbocycles. The first-order valence-electron chi connectivity index (χ1n) is 3.12. The first kappa shape index (κ1) is 8.60. The predicted molar refractivity (Wildman–Crippen MR) is 39.4 cm³/mol. The van der Waals surface area contributed by atoms with Gasteiger partial charge in [-0.15, -0.1) is 0 Å². The molecule has 0 heterocycles. The highest BCUT2D eigenvalue weighted by molar-refractivity contribution is 5.47. The van der Waals surface area contributed by atoms with Gasteiger partial charge in [0.15, 0.2) is 0 Å². The molecule has 0 N–H and O–H groups in total. The lowest BCUT2D eigenvalue weighted by molar-refractivity contribution is -0.137. The smallest absolute Gasteiger partial charge is 0.166 e. The molecule has 0 saturated carbocycles. The van der Waals surface area contributed by atoms with Crippen LogP contribution in [0, 0.1) is 6.57 Å². The van der Waals surface area contributed by atoms with Crippen molar-refractivity contribution in [2.75, 3.05) is 0 Å². The molecule has 0 saturated heterocycles. The van der Waals surface area contributed by atoms with E-state index in [0.29, 0.717) is 0 Å². The van der Waals surface area contributed by atoms with Crippen molar-refractivity contribution in [3.05, 3.63) is 34.7 Å². The van der Waals surface area contributed by atoms with E-state index in [1.54, 1.807) is 0 Å². The summed E-state index contributed by atoms with van der Waals surface area (Å²) in [6.07, 6.45) is -4.33. The van der Waals surface area contributed by atoms with Crippen molar-refractivity contribution in [3.63, 3.8) is 0 Å². The van der Waals surface area contributed by atoms with Crippen LogP contribution < -0.4 is 0 Å². The van der Waals surface area contributed by atoms with E-state index < -0.39 is 11.7 Å². The van der Waals surface area contributed by atoms with Crippen LogP contribution in [-0.4, -0.2) is 0 Å². The molecule has 0 amide bonds. The lowest BCUT2D eigenvalue weighted by Gasteiger charge is -2.03. The molecule has 0 spiro atoms. The van der Waals surface area contributed by atoms with Crippen LogP contribution in [0.5, 0.6) is 0 Å². The third-order valence-electron chi connectivity index (χ3n) is 1.32. The summed E-state index contributed by atoms with van der Waals surface area (Å²) in [6, 6.07) is 4.51. The Labute approximate surface area is 67.3 Å². The van der Waals surface area contributed by atoms with Gasteiger partial charge in [0.1, 0.15) is 0 Å². The van der Waals surface area contributed by atoms with Crippen molar-refractivity contribution in [2.24, 2.45) is 0 Å². The van der Waals surface area contributed by atoms with Crippen molar-refractivity contribution in [1.29, 1.82) is 0 Å². The SMILES string of the molecule is C#[N+]c1cccc(C(F)(F)F)c1. The molecule has 0 aliphatic carbocycles. The molecule has 0 aliphatic heterocycles. The van der Waals surface area contributed by atoms with Crippen molar-refractivity contribution in [1.82, 2.24) is 0 Å². The summed E-state index contributed by atoms with van der Waals surface area (Å²) < 4.78 is 36.1. The van der Waals surface area contributed by atoms with Crippen LogP contribution in [0.3, 0.4) is 0 Å². The van der Waals surface area contributed by atoms with Crippen LogP contribution in [0.25, 0.3) is 4.85 Å². The first-order valence-corrected chi connectivity index (χ1v) is 3.12. The van der Waals surface area contributed by atoms with Crippen LogP contribution in [0.15, 0.2) is 24.3 Å². The van der Waals surface area contributed by atoms with Crippen LogP contribution in [0.4, 0.5) is 18.9 Å². The second-order valence-electron chi connectivity index (χ2n) is 2.18. The van der Waals surface area contributed by atoms with Gasteiger partial charge in [-0.05, 0) is 10.9 Å². The summed E-state index contributed by atoms with van der Waals surface area (Å²) in [6.45, 7) is 4.82. The maximum absolute atomic E-state index is 12.0. The Bertz CT molecular complexity index is 322. The molecular formula is C8H5F3N+. The van der Waals surface area contributed by atoms with Crippen molar-refractivity contribution in [3.8, 4) is 6.57 Å². The number of halogens is 3. The second-order valence-corrected chi connectivity index (χ2v) is 2.18. The molecule has 62 valence electrons. The van der Waals surface area contributed by atoms with Gasteiger partial charge in [0.05, 0.1) is 5.56 Å². The number of nitrogens with zero attached hydrogens (tertiary/aromatic N) is 1. The lowest BCUT2D eigenvalue weighted by atomic mass is 10.2. The number of alkyl halides is 3. The van der Waals surface area contributed by atoms with E-state index in [9.17, 15) is 13.2 Å². The van der Waals surface area contributed by atoms with Gasteiger partial charge in [0.25, 0.3) is 6.57 Å². The van der Waals surface area contributed by atoms with E-state index in [1.807, 2.05) is 0 Å². The van der Waals surface area contributed by atoms with Gasteiger partial charge in [0, 0.05) is 12.1 Å². The fourth-order valence-corrected chi connectivity index (χ4v) is 0.763. The minimum Gasteiger partial charge on any atom is -0.166 e. The Hall–Kier alpha value is -1.50. The lowest BCUT2D eigenvalue weighted by Crippen LogP contribution is -2.03. The van der Waals surface area contributed by atoms with Crippen molar-refractivity contribution in [2.45, 2.75) is 6.18 Å². The van der Waals surface area contributed by atoms with E-state index >= 15 is 0 Å². The number of benzene rings is 1. The summed E-state index contributed by atoms with van der Waals surface area (Å²) in [4.78, 5) is 3.14. The second kappa shape index (κ2) is 2.86. The zero-order valence-corrected chi connectivity index (χ0v) is 5.97. The largest absolute Gasteiger partial charge is 0.416 e. The molecule has 0 aromatic heterocycles. The Kier molecular flexibility index (Phi) is 2.05. The van der Waals surface area contributed by atoms with E-state index in [-0.39, 0.29) is 5.69 Å². The fraction of sp³-hybridized carbons (Fsp3) is 0.125. The molecule has 12 heavy (non-hydrogen) atoms. The predicted octanol–water partition coefficient (Wildman–Crippen LogP) is 3.30. The zero-order chi connectivity index (χ0) is 9.19. The molecule has 4 heteroatoms. The molecular weight excluding hydrogens is 167 g/mol. The van der Waals surface area contributed by atoms with Gasteiger partial charge in [-0.1, -0.05) is 6.07 Å². The van der Waals surface area contributed by atoms with E-state index in [0.717, 1.165) is 12.1 Å². The minimum absolute atomic E-state index is 0.116. The quantitative estimate of drug-likeness (QED) is 0.565. The first-order chi connectivity index (χ1) is 5.54. The molecule has 1 aromatic rings. The Morgan fingerprint density at radius 1 is 1.25 bits per heavy atom. The number of hydrogen-bond acceptors (Lipinski definition) is 0. The fourth-order valence-electron chi connectivity index (χ4n) is 0.763. The van der Waals surface area contributed by atoms with Gasteiger partial charge in [-0.2, -0.15) is 13.2 Å².